The number of halogens is 3. The van der Waals surface area contributed by atoms with E-state index in [1.807, 2.05) is 0 Å². The highest BCUT2D eigenvalue weighted by molar-refractivity contribution is 5.95. The van der Waals surface area contributed by atoms with Crippen LogP contribution in [0.2, 0.25) is 0 Å². The highest BCUT2D eigenvalue weighted by Gasteiger charge is 2.33. The van der Waals surface area contributed by atoms with Crippen LogP contribution < -0.4 is 20.5 Å². The Morgan fingerprint density at radius 3 is 2.83 bits per heavy atom. The summed E-state index contributed by atoms with van der Waals surface area (Å²) in [7, 11) is 1.33. The van der Waals surface area contributed by atoms with Crippen molar-refractivity contribution >= 4 is 17.2 Å². The van der Waals surface area contributed by atoms with Crippen LogP contribution in [0, 0.1) is 5.41 Å². The fourth-order valence-corrected chi connectivity index (χ4v) is 2.53. The third kappa shape index (κ3) is 4.54. The predicted octanol–water partition coefficient (Wildman–Crippen LogP) is 2.60. The number of ether oxygens (including phenoxy) is 2. The number of nitrogens with zero attached hydrogens (tertiary/aromatic N) is 4. The molecule has 2 heterocycles. The van der Waals surface area contributed by atoms with E-state index in [0.717, 1.165) is 6.07 Å². The fraction of sp³-hybridized carbons (Fsp3) is 0.176. The molecule has 1 aromatic carbocycles. The summed E-state index contributed by atoms with van der Waals surface area (Å²) < 4.78 is 49.2. The summed E-state index contributed by atoms with van der Waals surface area (Å²) in [6.45, 7) is 0.111. The minimum Gasteiger partial charge on any atom is -0.497 e. The molecular weight excluding hydrogens is 391 g/mol. The normalized spacial score (nSPS) is 11.7. The summed E-state index contributed by atoms with van der Waals surface area (Å²) in [5.41, 5.74) is 6.02. The van der Waals surface area contributed by atoms with Crippen molar-refractivity contribution in [3.05, 3.63) is 43.0 Å². The van der Waals surface area contributed by atoms with Gasteiger partial charge in [-0.15, -0.1) is 23.4 Å². The van der Waals surface area contributed by atoms with E-state index in [1.54, 1.807) is 0 Å². The Hall–Kier alpha value is -3.83. The minimum atomic E-state index is -4.90. The first-order valence-electron chi connectivity index (χ1n) is 8.15. The summed E-state index contributed by atoms with van der Waals surface area (Å²) in [5.74, 6) is -0.0386. The Morgan fingerprint density at radius 2 is 2.14 bits per heavy atom. The van der Waals surface area contributed by atoms with E-state index in [-0.39, 0.29) is 35.2 Å². The summed E-state index contributed by atoms with van der Waals surface area (Å²) in [6, 6.07) is 4.00. The van der Waals surface area contributed by atoms with Gasteiger partial charge in [-0.3, -0.25) is 4.40 Å². The Bertz CT molecular complexity index is 1060. The number of anilines is 1. The van der Waals surface area contributed by atoms with Gasteiger partial charge >= 0.3 is 6.36 Å². The molecule has 0 bridgehead atoms. The molecule has 2 aromatic heterocycles. The van der Waals surface area contributed by atoms with Crippen molar-refractivity contribution in [2.75, 3.05) is 19.0 Å². The average Bonchev–Trinajstić information content (AvgIpc) is 3.15. The molecule has 0 saturated carbocycles. The molecule has 0 unspecified atom stereocenters. The minimum absolute atomic E-state index is 0.0616. The van der Waals surface area contributed by atoms with Crippen molar-refractivity contribution in [3.8, 4) is 22.8 Å². The lowest BCUT2D eigenvalue weighted by Crippen LogP contribution is -2.18. The number of nitrogens with two attached hydrogens (primary N) is 1. The van der Waals surface area contributed by atoms with Gasteiger partial charge in [0.05, 0.1) is 31.1 Å². The molecule has 29 heavy (non-hydrogen) atoms. The maximum Gasteiger partial charge on any atom is 0.573 e. The molecule has 0 radical (unpaired) electrons. The van der Waals surface area contributed by atoms with Crippen molar-refractivity contribution in [2.24, 2.45) is 5.73 Å². The number of methoxy groups -OCH3 is 1. The molecule has 12 heteroatoms. The van der Waals surface area contributed by atoms with Gasteiger partial charge in [0.1, 0.15) is 23.5 Å². The molecule has 0 amide bonds. The molecule has 0 spiro atoms. The number of imidazole rings is 1. The maximum absolute atomic E-state index is 12.9. The third-order valence-electron chi connectivity index (χ3n) is 3.76. The van der Waals surface area contributed by atoms with Gasteiger partial charge in [0, 0.05) is 11.6 Å². The van der Waals surface area contributed by atoms with Gasteiger partial charge in [0.15, 0.2) is 0 Å². The van der Waals surface area contributed by atoms with Crippen LogP contribution in [0.1, 0.15) is 0 Å². The van der Waals surface area contributed by atoms with Crippen molar-refractivity contribution in [1.29, 1.82) is 5.41 Å². The summed E-state index contributed by atoms with van der Waals surface area (Å²) in [5, 5.41) is 18.6. The second kappa shape index (κ2) is 8.04. The van der Waals surface area contributed by atoms with Gasteiger partial charge in [0.2, 0.25) is 5.95 Å². The third-order valence-corrected chi connectivity index (χ3v) is 3.76. The van der Waals surface area contributed by atoms with Gasteiger partial charge in [-0.25, -0.2) is 4.98 Å². The van der Waals surface area contributed by atoms with Crippen LogP contribution in [0.15, 0.2) is 43.0 Å². The first kappa shape index (κ1) is 19.9. The number of fused-ring (bicyclic) bond motifs is 1. The number of alkyl halides is 3. The number of hydrogen-bond donors (Lipinski definition) is 3. The Balaban J connectivity index is 2.04. The van der Waals surface area contributed by atoms with E-state index >= 15 is 0 Å². The van der Waals surface area contributed by atoms with Gasteiger partial charge in [-0.2, -0.15) is 0 Å². The molecule has 0 fully saturated rings. The smallest absolute Gasteiger partial charge is 0.497 e. The number of rotatable bonds is 7. The van der Waals surface area contributed by atoms with Crippen molar-refractivity contribution in [3.63, 3.8) is 0 Å². The first-order chi connectivity index (χ1) is 13.8. The fourth-order valence-electron chi connectivity index (χ4n) is 2.53. The molecule has 0 saturated heterocycles. The van der Waals surface area contributed by atoms with E-state index in [4.69, 9.17) is 15.9 Å². The monoisotopic (exact) mass is 407 g/mol. The van der Waals surface area contributed by atoms with E-state index < -0.39 is 12.1 Å². The van der Waals surface area contributed by atoms with Crippen molar-refractivity contribution < 1.29 is 22.6 Å². The molecule has 0 aliphatic carbocycles. The second-order valence-electron chi connectivity index (χ2n) is 5.67. The molecule has 4 N–H and O–H groups in total. The second-order valence-corrected chi connectivity index (χ2v) is 5.67. The van der Waals surface area contributed by atoms with Gasteiger partial charge in [-0.05, 0) is 24.4 Å². The molecule has 3 rings (SSSR count). The lowest BCUT2D eigenvalue weighted by Gasteiger charge is -2.15. The molecule has 0 atom stereocenters. The van der Waals surface area contributed by atoms with Crippen LogP contribution in [-0.2, 0) is 0 Å². The maximum atomic E-state index is 12.9. The molecule has 9 nitrogen and oxygen atoms in total. The van der Waals surface area contributed by atoms with E-state index in [2.05, 4.69) is 25.2 Å². The largest absolute Gasteiger partial charge is 0.573 e. The predicted molar refractivity (Wildman–Crippen MR) is 99.0 cm³/mol. The van der Waals surface area contributed by atoms with Gasteiger partial charge in [-0.1, -0.05) is 0 Å². The van der Waals surface area contributed by atoms with E-state index in [9.17, 15) is 13.2 Å². The highest BCUT2D eigenvalue weighted by Crippen LogP contribution is 2.37. The quantitative estimate of drug-likeness (QED) is 0.514. The number of benzene rings is 1. The van der Waals surface area contributed by atoms with Crippen LogP contribution in [0.4, 0.5) is 19.1 Å². The molecule has 0 aliphatic heterocycles. The van der Waals surface area contributed by atoms with Crippen LogP contribution in [0.25, 0.3) is 16.8 Å². The first-order valence-corrected chi connectivity index (χ1v) is 8.15. The molecule has 0 aliphatic rings. The zero-order chi connectivity index (χ0) is 21.0. The summed E-state index contributed by atoms with van der Waals surface area (Å²) in [4.78, 5) is 4.02. The Morgan fingerprint density at radius 1 is 1.34 bits per heavy atom. The van der Waals surface area contributed by atoms with Crippen molar-refractivity contribution in [1.82, 2.24) is 19.6 Å². The SMILES string of the molecule is COc1ccc(-c2nnc(NCC(=N)/C=C\N)n3cncc23)c(OC(F)(F)F)c1. The average molecular weight is 407 g/mol. The Kier molecular flexibility index (Phi) is 5.52. The van der Waals surface area contributed by atoms with Gasteiger partial charge < -0.3 is 25.9 Å². The lowest BCUT2D eigenvalue weighted by atomic mass is 10.1. The topological polar surface area (TPSA) is 123 Å². The van der Waals surface area contributed by atoms with Crippen LogP contribution in [-0.4, -0.2) is 45.3 Å². The Labute approximate surface area is 162 Å². The zero-order valence-electron chi connectivity index (χ0n) is 15.1. The number of hydrogen-bond acceptors (Lipinski definition) is 8. The lowest BCUT2D eigenvalue weighted by molar-refractivity contribution is -0.274. The summed E-state index contributed by atoms with van der Waals surface area (Å²) in [6.07, 6.45) is 0.590. The number of nitrogens with one attached hydrogen (secondary N) is 2. The van der Waals surface area contributed by atoms with E-state index in [1.165, 1.54) is 48.4 Å². The highest BCUT2D eigenvalue weighted by atomic mass is 19.4. The standard InChI is InChI=1S/C17H16F3N7O2/c1-28-11-2-3-12(14(6-11)29-17(18,19)20)15-13-8-23-9-27(13)16(26-25-15)24-7-10(22)4-5-21/h2-6,8-9,22H,7,21H2,1H3,(H,24,26)/b5-4-,22-10?. The van der Waals surface area contributed by atoms with Gasteiger partial charge in [0.25, 0.3) is 0 Å². The summed E-state index contributed by atoms with van der Waals surface area (Å²) >= 11 is 0. The van der Waals surface area contributed by atoms with Crippen LogP contribution in [0.5, 0.6) is 11.5 Å². The zero-order valence-corrected chi connectivity index (χ0v) is 15.1. The molecular formula is C17H16F3N7O2. The number of aromatic nitrogens is 4. The van der Waals surface area contributed by atoms with Crippen molar-refractivity contribution in [2.45, 2.75) is 6.36 Å². The molecule has 3 aromatic rings. The molecule has 152 valence electrons. The van der Waals surface area contributed by atoms with Crippen LogP contribution >= 0.6 is 0 Å². The van der Waals surface area contributed by atoms with Crippen LogP contribution in [0.3, 0.4) is 0 Å². The van der Waals surface area contributed by atoms with E-state index in [0.29, 0.717) is 5.52 Å².